The lowest BCUT2D eigenvalue weighted by molar-refractivity contribution is 1.02. The molecule has 16 heavy (non-hydrogen) atoms. The molecular weight excluding hydrogens is 262 g/mol. The molecule has 2 aromatic rings. The first kappa shape index (κ1) is 11.2. The first-order chi connectivity index (χ1) is 7.84. The molecule has 0 aliphatic heterocycles. The van der Waals surface area contributed by atoms with Gasteiger partial charge in [0.2, 0.25) is 0 Å². The Kier molecular flexibility index (Phi) is 4.00. The van der Waals surface area contributed by atoms with Gasteiger partial charge in [-0.25, -0.2) is 0 Å². The van der Waals surface area contributed by atoms with Crippen molar-refractivity contribution in [2.24, 2.45) is 0 Å². The van der Waals surface area contributed by atoms with E-state index in [1.807, 2.05) is 24.3 Å². The van der Waals surface area contributed by atoms with Crippen LogP contribution in [0.25, 0.3) is 0 Å². The fraction of sp³-hybridized carbons (Fsp3) is 0.143. The second-order valence-corrected chi connectivity index (χ2v) is 4.59. The highest BCUT2D eigenvalue weighted by Crippen LogP contribution is 2.12. The quantitative estimate of drug-likeness (QED) is 0.886. The summed E-state index contributed by atoms with van der Waals surface area (Å²) in [5.41, 5.74) is 2.52. The molecule has 2 heteroatoms. The molecule has 0 fully saturated rings. The van der Waals surface area contributed by atoms with Crippen LogP contribution in [0.1, 0.15) is 5.56 Å². The highest BCUT2D eigenvalue weighted by Gasteiger charge is 1.94. The Labute approximate surface area is 105 Å². The Morgan fingerprint density at radius 3 is 2.50 bits per heavy atom. The van der Waals surface area contributed by atoms with Crippen molar-refractivity contribution in [2.75, 3.05) is 11.9 Å². The third-order valence-corrected chi connectivity index (χ3v) is 2.90. The Morgan fingerprint density at radius 2 is 1.75 bits per heavy atom. The molecule has 1 nitrogen and oxygen atoms in total. The summed E-state index contributed by atoms with van der Waals surface area (Å²) < 4.78 is 1.14. The highest BCUT2D eigenvalue weighted by molar-refractivity contribution is 9.10. The van der Waals surface area contributed by atoms with E-state index in [0.29, 0.717) is 0 Å². The molecule has 0 aliphatic rings. The van der Waals surface area contributed by atoms with Crippen LogP contribution in [0.2, 0.25) is 0 Å². The van der Waals surface area contributed by atoms with Crippen molar-refractivity contribution in [3.63, 3.8) is 0 Å². The molecule has 0 aliphatic carbocycles. The van der Waals surface area contributed by atoms with Crippen molar-refractivity contribution in [1.29, 1.82) is 0 Å². The predicted molar refractivity (Wildman–Crippen MR) is 72.8 cm³/mol. The van der Waals surface area contributed by atoms with Crippen molar-refractivity contribution >= 4 is 21.6 Å². The molecule has 82 valence electrons. The van der Waals surface area contributed by atoms with Gasteiger partial charge in [-0.2, -0.15) is 0 Å². The molecule has 0 saturated carbocycles. The van der Waals surface area contributed by atoms with Crippen LogP contribution in [0.15, 0.2) is 59.1 Å². The first-order valence-electron chi connectivity index (χ1n) is 5.38. The number of hydrogen-bond donors (Lipinski definition) is 1. The van der Waals surface area contributed by atoms with Crippen molar-refractivity contribution < 1.29 is 0 Å². The Balaban J connectivity index is 1.85. The van der Waals surface area contributed by atoms with Gasteiger partial charge in [-0.3, -0.25) is 0 Å². The minimum atomic E-state index is 0.959. The van der Waals surface area contributed by atoms with Gasteiger partial charge in [-0.15, -0.1) is 0 Å². The molecular formula is C14H14BrN. The summed E-state index contributed by atoms with van der Waals surface area (Å²) in [6.07, 6.45) is 1.04. The minimum absolute atomic E-state index is 0.959. The SMILES string of the molecule is Brc1cccc(CCNc2ccccc2)c1. The van der Waals surface area contributed by atoms with Crippen LogP contribution in [0, 0.1) is 0 Å². The molecule has 0 unspecified atom stereocenters. The minimum Gasteiger partial charge on any atom is -0.385 e. The van der Waals surface area contributed by atoms with E-state index in [1.54, 1.807) is 0 Å². The predicted octanol–water partition coefficient (Wildman–Crippen LogP) is 4.10. The number of anilines is 1. The lowest BCUT2D eigenvalue weighted by atomic mass is 10.1. The van der Waals surface area contributed by atoms with Crippen LogP contribution in [-0.2, 0) is 6.42 Å². The summed E-state index contributed by atoms with van der Waals surface area (Å²) in [6.45, 7) is 0.959. The maximum atomic E-state index is 3.48. The third kappa shape index (κ3) is 3.38. The highest BCUT2D eigenvalue weighted by atomic mass is 79.9. The third-order valence-electron chi connectivity index (χ3n) is 2.41. The van der Waals surface area contributed by atoms with E-state index in [2.05, 4.69) is 51.6 Å². The zero-order valence-electron chi connectivity index (χ0n) is 8.99. The fourth-order valence-corrected chi connectivity index (χ4v) is 2.05. The van der Waals surface area contributed by atoms with Crippen molar-refractivity contribution in [1.82, 2.24) is 0 Å². The number of para-hydroxylation sites is 1. The zero-order valence-corrected chi connectivity index (χ0v) is 10.6. The lowest BCUT2D eigenvalue weighted by Crippen LogP contribution is -2.04. The molecule has 2 rings (SSSR count). The van der Waals surface area contributed by atoms with E-state index in [-0.39, 0.29) is 0 Å². The van der Waals surface area contributed by atoms with Crippen LogP contribution >= 0.6 is 15.9 Å². The molecule has 0 heterocycles. The van der Waals surface area contributed by atoms with E-state index < -0.39 is 0 Å². The molecule has 0 bridgehead atoms. The molecule has 0 aromatic heterocycles. The van der Waals surface area contributed by atoms with E-state index in [1.165, 1.54) is 11.3 Å². The molecule has 0 saturated heterocycles. The van der Waals surface area contributed by atoms with Crippen LogP contribution in [0.5, 0.6) is 0 Å². The van der Waals surface area contributed by atoms with Gasteiger partial charge in [0.25, 0.3) is 0 Å². The largest absolute Gasteiger partial charge is 0.385 e. The number of rotatable bonds is 4. The fourth-order valence-electron chi connectivity index (χ4n) is 1.60. The standard InChI is InChI=1S/C14H14BrN/c15-13-6-4-5-12(11-13)9-10-16-14-7-2-1-3-8-14/h1-8,11,16H,9-10H2. The summed E-state index contributed by atoms with van der Waals surface area (Å²) in [4.78, 5) is 0. The van der Waals surface area contributed by atoms with Crippen molar-refractivity contribution in [3.8, 4) is 0 Å². The van der Waals surface area contributed by atoms with Crippen LogP contribution < -0.4 is 5.32 Å². The van der Waals surface area contributed by atoms with Gasteiger partial charge in [0, 0.05) is 16.7 Å². The summed E-state index contributed by atoms with van der Waals surface area (Å²) >= 11 is 3.48. The molecule has 0 amide bonds. The Bertz CT molecular complexity index is 439. The molecule has 1 N–H and O–H groups in total. The topological polar surface area (TPSA) is 12.0 Å². The van der Waals surface area contributed by atoms with Gasteiger partial charge in [-0.05, 0) is 36.2 Å². The molecule has 0 spiro atoms. The number of halogens is 1. The van der Waals surface area contributed by atoms with Gasteiger partial charge in [0.1, 0.15) is 0 Å². The lowest BCUT2D eigenvalue weighted by Gasteiger charge is -2.06. The first-order valence-corrected chi connectivity index (χ1v) is 6.17. The van der Waals surface area contributed by atoms with Gasteiger partial charge in [-0.1, -0.05) is 46.3 Å². The average Bonchev–Trinajstić information content (AvgIpc) is 2.30. The maximum Gasteiger partial charge on any atom is 0.0340 e. The number of nitrogens with one attached hydrogen (secondary N) is 1. The number of benzene rings is 2. The Hall–Kier alpha value is -1.28. The van der Waals surface area contributed by atoms with Crippen LogP contribution in [0.4, 0.5) is 5.69 Å². The smallest absolute Gasteiger partial charge is 0.0340 e. The van der Waals surface area contributed by atoms with Gasteiger partial charge < -0.3 is 5.32 Å². The van der Waals surface area contributed by atoms with Crippen LogP contribution in [0.3, 0.4) is 0 Å². The van der Waals surface area contributed by atoms with E-state index in [0.717, 1.165) is 17.4 Å². The summed E-state index contributed by atoms with van der Waals surface area (Å²) in [5, 5.41) is 3.40. The number of hydrogen-bond acceptors (Lipinski definition) is 1. The molecule has 2 aromatic carbocycles. The molecule has 0 atom stereocenters. The van der Waals surface area contributed by atoms with Crippen molar-refractivity contribution in [3.05, 3.63) is 64.6 Å². The van der Waals surface area contributed by atoms with E-state index in [4.69, 9.17) is 0 Å². The monoisotopic (exact) mass is 275 g/mol. The van der Waals surface area contributed by atoms with Crippen molar-refractivity contribution in [2.45, 2.75) is 6.42 Å². The second-order valence-electron chi connectivity index (χ2n) is 3.67. The second kappa shape index (κ2) is 5.71. The summed E-state index contributed by atoms with van der Waals surface area (Å²) in [6, 6.07) is 18.7. The van der Waals surface area contributed by atoms with Gasteiger partial charge in [0.05, 0.1) is 0 Å². The summed E-state index contributed by atoms with van der Waals surface area (Å²) in [7, 11) is 0. The van der Waals surface area contributed by atoms with Gasteiger partial charge >= 0.3 is 0 Å². The van der Waals surface area contributed by atoms with Crippen LogP contribution in [-0.4, -0.2) is 6.54 Å². The zero-order chi connectivity index (χ0) is 11.2. The van der Waals surface area contributed by atoms with E-state index in [9.17, 15) is 0 Å². The Morgan fingerprint density at radius 1 is 0.938 bits per heavy atom. The average molecular weight is 276 g/mol. The van der Waals surface area contributed by atoms with Gasteiger partial charge in [0.15, 0.2) is 0 Å². The maximum absolute atomic E-state index is 3.48. The molecule has 0 radical (unpaired) electrons. The summed E-state index contributed by atoms with van der Waals surface area (Å²) in [5.74, 6) is 0. The van der Waals surface area contributed by atoms with E-state index >= 15 is 0 Å². The normalized spacial score (nSPS) is 10.1.